The van der Waals surface area contributed by atoms with Crippen LogP contribution in [0, 0.1) is 5.92 Å². The Kier molecular flexibility index (Phi) is 6.41. The number of ether oxygens (including phenoxy) is 1. The van der Waals surface area contributed by atoms with Crippen molar-refractivity contribution < 1.29 is 4.74 Å². The first-order chi connectivity index (χ1) is 9.18. The largest absolute Gasteiger partial charge is 0.382 e. The van der Waals surface area contributed by atoms with Crippen molar-refractivity contribution in [2.45, 2.75) is 95.5 Å². The Balaban J connectivity index is 1.55. The molecule has 2 rings (SSSR count). The van der Waals surface area contributed by atoms with Crippen molar-refractivity contribution in [1.82, 2.24) is 0 Å². The third-order valence-electron chi connectivity index (χ3n) is 5.46. The fourth-order valence-electron chi connectivity index (χ4n) is 4.01. The third kappa shape index (κ3) is 5.22. The molecule has 19 heavy (non-hydrogen) atoms. The van der Waals surface area contributed by atoms with Gasteiger partial charge in [0, 0.05) is 12.3 Å². The summed E-state index contributed by atoms with van der Waals surface area (Å²) in [5.74, 6) is 1.09. The van der Waals surface area contributed by atoms with E-state index in [9.17, 15) is 0 Å². The molecule has 1 aliphatic heterocycles. The van der Waals surface area contributed by atoms with Gasteiger partial charge in [0.1, 0.15) is 0 Å². The molecule has 0 aromatic heterocycles. The first kappa shape index (κ1) is 15.6. The van der Waals surface area contributed by atoms with Crippen LogP contribution < -0.4 is 0 Å². The average Bonchev–Trinajstić information content (AvgIpc) is 2.92. The fourth-order valence-corrected chi connectivity index (χ4v) is 7.05. The Bertz CT molecular complexity index is 240. The second-order valence-corrected chi connectivity index (χ2v) is 12.7. The summed E-state index contributed by atoms with van der Waals surface area (Å²) in [7, 11) is -1.11. The molecule has 0 N–H and O–H groups in total. The molecular weight excluding hydrogens is 248 g/mol. The van der Waals surface area contributed by atoms with Gasteiger partial charge < -0.3 is 4.74 Å². The summed E-state index contributed by atoms with van der Waals surface area (Å²) in [5.41, 5.74) is 0.663. The highest BCUT2D eigenvalue weighted by molar-refractivity contribution is 6.78. The fraction of sp³-hybridized carbons (Fsp3) is 1.00. The molecule has 1 nitrogen and oxygen atoms in total. The molecule has 112 valence electrons. The molecule has 2 aliphatic rings. The lowest BCUT2D eigenvalue weighted by Gasteiger charge is -2.35. The first-order valence-corrected chi connectivity index (χ1v) is 12.1. The van der Waals surface area contributed by atoms with Gasteiger partial charge in [-0.3, -0.25) is 0 Å². The molecule has 1 heterocycles. The van der Waals surface area contributed by atoms with Gasteiger partial charge in [-0.05, 0) is 25.2 Å². The second-order valence-electron chi connectivity index (χ2n) is 7.59. The molecule has 2 heteroatoms. The average molecular weight is 283 g/mol. The minimum atomic E-state index is -1.11. The van der Waals surface area contributed by atoms with E-state index in [1.54, 1.807) is 0 Å². The van der Waals surface area contributed by atoms with Gasteiger partial charge in [0.2, 0.25) is 0 Å². The van der Waals surface area contributed by atoms with Crippen LogP contribution in [0.2, 0.25) is 19.1 Å². The van der Waals surface area contributed by atoms with Crippen molar-refractivity contribution >= 4 is 8.07 Å². The van der Waals surface area contributed by atoms with Crippen molar-refractivity contribution in [3.05, 3.63) is 0 Å². The normalized spacial score (nSPS) is 25.9. The topological polar surface area (TPSA) is 9.23 Å². The zero-order valence-electron chi connectivity index (χ0n) is 13.3. The first-order valence-electron chi connectivity index (χ1n) is 8.80. The molecule has 1 saturated carbocycles. The summed E-state index contributed by atoms with van der Waals surface area (Å²) < 4.78 is 6.04. The summed E-state index contributed by atoms with van der Waals surface area (Å²) in [6.45, 7) is 6.14. The monoisotopic (exact) mass is 282 g/mol. The lowest BCUT2D eigenvalue weighted by Crippen LogP contribution is -2.45. The predicted octanol–water partition coefficient (Wildman–Crippen LogP) is 5.55. The quantitative estimate of drug-likeness (QED) is 0.439. The molecule has 0 aromatic carbocycles. The number of hydrogen-bond donors (Lipinski definition) is 0. The minimum Gasteiger partial charge on any atom is -0.382 e. The van der Waals surface area contributed by atoms with Gasteiger partial charge in [-0.1, -0.05) is 70.5 Å². The Morgan fingerprint density at radius 2 is 1.63 bits per heavy atom. The highest BCUT2D eigenvalue weighted by Crippen LogP contribution is 2.30. The van der Waals surface area contributed by atoms with E-state index in [1.807, 2.05) is 0 Å². The van der Waals surface area contributed by atoms with Gasteiger partial charge in [0.15, 0.2) is 0 Å². The lowest BCUT2D eigenvalue weighted by atomic mass is 10.0. The smallest absolute Gasteiger partial charge is 0.0815 e. The molecule has 1 saturated heterocycles. The van der Waals surface area contributed by atoms with Gasteiger partial charge >= 0.3 is 0 Å². The minimum absolute atomic E-state index is 0.663. The van der Waals surface area contributed by atoms with Crippen molar-refractivity contribution in [3.63, 3.8) is 0 Å². The van der Waals surface area contributed by atoms with E-state index in [0.717, 1.165) is 12.5 Å². The second kappa shape index (κ2) is 7.83. The van der Waals surface area contributed by atoms with Gasteiger partial charge in [-0.2, -0.15) is 0 Å². The maximum absolute atomic E-state index is 6.04. The third-order valence-corrected chi connectivity index (χ3v) is 9.30. The Labute approximate surface area is 121 Å². The van der Waals surface area contributed by atoms with Crippen LogP contribution in [0.1, 0.15) is 70.6 Å². The maximum Gasteiger partial charge on any atom is 0.0815 e. The summed E-state index contributed by atoms with van der Waals surface area (Å²) >= 11 is 0. The van der Waals surface area contributed by atoms with Gasteiger partial charge in [-0.25, -0.2) is 0 Å². The summed E-state index contributed by atoms with van der Waals surface area (Å²) in [4.78, 5) is 0. The molecule has 0 bridgehead atoms. The Hall–Kier alpha value is 0.177. The van der Waals surface area contributed by atoms with Gasteiger partial charge in [0.05, 0.1) is 8.07 Å². The number of hydrogen-bond acceptors (Lipinski definition) is 1. The number of unbranched alkanes of at least 4 members (excludes halogenated alkanes) is 2. The molecule has 0 amide bonds. The zero-order valence-corrected chi connectivity index (χ0v) is 14.3. The van der Waals surface area contributed by atoms with Crippen LogP contribution in [-0.2, 0) is 4.74 Å². The zero-order chi connectivity index (χ0) is 13.6. The van der Waals surface area contributed by atoms with Crippen molar-refractivity contribution in [2.75, 3.05) is 6.61 Å². The summed E-state index contributed by atoms with van der Waals surface area (Å²) in [5, 5.41) is 0. The van der Waals surface area contributed by atoms with E-state index in [-0.39, 0.29) is 0 Å². The molecule has 2 fully saturated rings. The van der Waals surface area contributed by atoms with Crippen LogP contribution in [0.4, 0.5) is 0 Å². The Morgan fingerprint density at radius 3 is 2.32 bits per heavy atom. The summed E-state index contributed by atoms with van der Waals surface area (Å²) in [6, 6.07) is 1.49. The van der Waals surface area contributed by atoms with E-state index >= 15 is 0 Å². The van der Waals surface area contributed by atoms with Crippen molar-refractivity contribution in [1.29, 1.82) is 0 Å². The van der Waals surface area contributed by atoms with Crippen LogP contribution >= 0.6 is 0 Å². The lowest BCUT2D eigenvalue weighted by molar-refractivity contribution is 0.0597. The van der Waals surface area contributed by atoms with Crippen LogP contribution in [0.5, 0.6) is 0 Å². The molecule has 1 atom stereocenters. The standard InChI is InChI=1S/C17H34OSi/c1-19(2,17-13-7-8-14-18-17)15-9-3-4-10-16-11-5-6-12-16/h16-17H,3-15H2,1-2H3. The van der Waals surface area contributed by atoms with E-state index in [4.69, 9.17) is 4.74 Å². The van der Waals surface area contributed by atoms with Crippen LogP contribution in [0.25, 0.3) is 0 Å². The molecule has 0 aromatic rings. The van der Waals surface area contributed by atoms with E-state index in [1.165, 1.54) is 76.7 Å². The Morgan fingerprint density at radius 1 is 0.895 bits per heavy atom. The van der Waals surface area contributed by atoms with E-state index < -0.39 is 8.07 Å². The van der Waals surface area contributed by atoms with Crippen LogP contribution in [0.3, 0.4) is 0 Å². The highest BCUT2D eigenvalue weighted by Gasteiger charge is 2.33. The molecule has 1 unspecified atom stereocenters. The highest BCUT2D eigenvalue weighted by atomic mass is 28.3. The predicted molar refractivity (Wildman–Crippen MR) is 86.3 cm³/mol. The van der Waals surface area contributed by atoms with Crippen molar-refractivity contribution in [3.8, 4) is 0 Å². The van der Waals surface area contributed by atoms with Gasteiger partial charge in [0.25, 0.3) is 0 Å². The van der Waals surface area contributed by atoms with E-state index in [2.05, 4.69) is 13.1 Å². The SMILES string of the molecule is C[Si](C)(CCCCCC1CCCC1)C1CCCCO1. The number of rotatable bonds is 7. The maximum atomic E-state index is 6.04. The van der Waals surface area contributed by atoms with E-state index in [0.29, 0.717) is 5.73 Å². The molecule has 0 spiro atoms. The van der Waals surface area contributed by atoms with Crippen molar-refractivity contribution in [2.24, 2.45) is 5.92 Å². The molecule has 0 radical (unpaired) electrons. The van der Waals surface area contributed by atoms with Crippen LogP contribution in [0.15, 0.2) is 0 Å². The molecule has 1 aliphatic carbocycles. The van der Waals surface area contributed by atoms with Gasteiger partial charge in [-0.15, -0.1) is 0 Å². The molecular formula is C17H34OSi. The van der Waals surface area contributed by atoms with Crippen LogP contribution in [-0.4, -0.2) is 20.4 Å². The summed E-state index contributed by atoms with van der Waals surface area (Å²) in [6.07, 6.45) is 16.0.